The van der Waals surface area contributed by atoms with Gasteiger partial charge in [-0.25, -0.2) is 0 Å². The molecule has 0 fully saturated rings. The number of amides is 1. The minimum Gasteiger partial charge on any atom is -0.463 e. The summed E-state index contributed by atoms with van der Waals surface area (Å²) in [4.78, 5) is 11.8. The molecule has 2 rings (SSSR count). The Hall–Kier alpha value is -1.79. The standard InChI is InChI=1S/C12H16N4O2.ClH/c1-8(6-13)7-14-12(17)10-5-9(15-16-10)11-3-2-4-18-11;/h2-5,8H,6-7,13H2,1H3,(H,14,17)(H,15,16);1H. The number of halogens is 1. The fourth-order valence-corrected chi connectivity index (χ4v) is 1.44. The van der Waals surface area contributed by atoms with E-state index in [1.165, 1.54) is 0 Å². The van der Waals surface area contributed by atoms with E-state index in [2.05, 4.69) is 15.5 Å². The molecule has 19 heavy (non-hydrogen) atoms. The SMILES string of the molecule is CC(CN)CNC(=O)c1cc(-c2ccco2)[nH]n1.Cl. The van der Waals surface area contributed by atoms with Gasteiger partial charge in [-0.15, -0.1) is 12.4 Å². The molecule has 0 saturated carbocycles. The van der Waals surface area contributed by atoms with Gasteiger partial charge in [0, 0.05) is 12.6 Å². The van der Waals surface area contributed by atoms with Crippen molar-refractivity contribution in [1.82, 2.24) is 15.5 Å². The van der Waals surface area contributed by atoms with Crippen LogP contribution in [0.15, 0.2) is 28.9 Å². The summed E-state index contributed by atoms with van der Waals surface area (Å²) >= 11 is 0. The summed E-state index contributed by atoms with van der Waals surface area (Å²) in [6.45, 7) is 3.05. The van der Waals surface area contributed by atoms with Crippen molar-refractivity contribution in [3.05, 3.63) is 30.2 Å². The van der Waals surface area contributed by atoms with Crippen LogP contribution in [0.3, 0.4) is 0 Å². The Morgan fingerprint density at radius 1 is 1.63 bits per heavy atom. The van der Waals surface area contributed by atoms with Crippen LogP contribution in [0, 0.1) is 5.92 Å². The fraction of sp³-hybridized carbons (Fsp3) is 0.333. The highest BCUT2D eigenvalue weighted by atomic mass is 35.5. The first-order valence-corrected chi connectivity index (χ1v) is 5.78. The Morgan fingerprint density at radius 3 is 3.05 bits per heavy atom. The number of carbonyl (C=O) groups excluding carboxylic acids is 1. The molecule has 0 aromatic carbocycles. The first kappa shape index (κ1) is 15.3. The molecule has 7 heteroatoms. The van der Waals surface area contributed by atoms with Crippen LogP contribution >= 0.6 is 12.4 Å². The average Bonchev–Trinajstić information content (AvgIpc) is 3.04. The molecule has 0 aliphatic heterocycles. The van der Waals surface area contributed by atoms with Gasteiger partial charge in [-0.3, -0.25) is 9.89 Å². The maximum atomic E-state index is 11.8. The molecule has 2 heterocycles. The number of furan rings is 1. The minimum atomic E-state index is -0.218. The Bertz CT molecular complexity index is 510. The van der Waals surface area contributed by atoms with Crippen LogP contribution in [0.25, 0.3) is 11.5 Å². The number of nitrogens with two attached hydrogens (primary N) is 1. The number of nitrogens with zero attached hydrogens (tertiary/aromatic N) is 1. The summed E-state index contributed by atoms with van der Waals surface area (Å²) < 4.78 is 5.21. The van der Waals surface area contributed by atoms with Crippen LogP contribution in [0.1, 0.15) is 17.4 Å². The molecule has 0 saturated heterocycles. The van der Waals surface area contributed by atoms with Crippen molar-refractivity contribution in [2.75, 3.05) is 13.1 Å². The van der Waals surface area contributed by atoms with Gasteiger partial charge in [0.05, 0.1) is 6.26 Å². The van der Waals surface area contributed by atoms with Crippen molar-refractivity contribution in [3.63, 3.8) is 0 Å². The van der Waals surface area contributed by atoms with E-state index in [0.717, 1.165) is 0 Å². The van der Waals surface area contributed by atoms with Crippen LogP contribution < -0.4 is 11.1 Å². The number of aromatic amines is 1. The largest absolute Gasteiger partial charge is 0.463 e. The lowest BCUT2D eigenvalue weighted by molar-refractivity contribution is 0.0943. The van der Waals surface area contributed by atoms with Crippen LogP contribution in [-0.4, -0.2) is 29.2 Å². The van der Waals surface area contributed by atoms with E-state index >= 15 is 0 Å². The summed E-state index contributed by atoms with van der Waals surface area (Å²) in [5.74, 6) is 0.679. The Kier molecular flexibility index (Phi) is 5.59. The normalized spacial score (nSPS) is 11.7. The van der Waals surface area contributed by atoms with Crippen molar-refractivity contribution in [2.24, 2.45) is 11.7 Å². The quantitative estimate of drug-likeness (QED) is 0.773. The number of aromatic nitrogens is 2. The molecule has 2 aromatic rings. The highest BCUT2D eigenvalue weighted by Crippen LogP contribution is 2.17. The number of rotatable bonds is 5. The molecule has 0 radical (unpaired) electrons. The van der Waals surface area contributed by atoms with Crippen molar-refractivity contribution in [3.8, 4) is 11.5 Å². The van der Waals surface area contributed by atoms with Gasteiger partial charge >= 0.3 is 0 Å². The molecule has 6 nitrogen and oxygen atoms in total. The Balaban J connectivity index is 0.00000180. The predicted octanol–water partition coefficient (Wildman–Crippen LogP) is 1.42. The maximum absolute atomic E-state index is 11.8. The second-order valence-electron chi connectivity index (χ2n) is 4.20. The van der Waals surface area contributed by atoms with Gasteiger partial charge < -0.3 is 15.5 Å². The van der Waals surface area contributed by atoms with Gasteiger partial charge in [-0.05, 0) is 24.6 Å². The van der Waals surface area contributed by atoms with Gasteiger partial charge in [0.1, 0.15) is 5.69 Å². The molecule has 1 atom stereocenters. The molecule has 1 unspecified atom stereocenters. The Labute approximate surface area is 117 Å². The van der Waals surface area contributed by atoms with E-state index < -0.39 is 0 Å². The van der Waals surface area contributed by atoms with Gasteiger partial charge in [0.15, 0.2) is 11.5 Å². The summed E-state index contributed by atoms with van der Waals surface area (Å²) in [6, 6.07) is 5.23. The van der Waals surface area contributed by atoms with Crippen molar-refractivity contribution in [1.29, 1.82) is 0 Å². The highest BCUT2D eigenvalue weighted by Gasteiger charge is 2.12. The molecule has 0 aliphatic rings. The molecular weight excluding hydrogens is 268 g/mol. The lowest BCUT2D eigenvalue weighted by Crippen LogP contribution is -2.31. The minimum absolute atomic E-state index is 0. The number of H-pyrrole nitrogens is 1. The summed E-state index contributed by atoms with van der Waals surface area (Å²) in [6.07, 6.45) is 1.57. The molecule has 0 spiro atoms. The van der Waals surface area contributed by atoms with E-state index in [1.54, 1.807) is 24.5 Å². The zero-order chi connectivity index (χ0) is 13.0. The zero-order valence-electron chi connectivity index (χ0n) is 10.6. The van der Waals surface area contributed by atoms with Crippen molar-refractivity contribution < 1.29 is 9.21 Å². The third-order valence-corrected chi connectivity index (χ3v) is 2.61. The lowest BCUT2D eigenvalue weighted by Gasteiger charge is -2.08. The van der Waals surface area contributed by atoms with Gasteiger partial charge in [0.2, 0.25) is 0 Å². The monoisotopic (exact) mass is 284 g/mol. The second kappa shape index (κ2) is 6.96. The average molecular weight is 285 g/mol. The molecule has 0 aliphatic carbocycles. The van der Waals surface area contributed by atoms with Gasteiger partial charge in [-0.2, -0.15) is 5.10 Å². The lowest BCUT2D eigenvalue weighted by atomic mass is 10.2. The second-order valence-corrected chi connectivity index (χ2v) is 4.20. The zero-order valence-corrected chi connectivity index (χ0v) is 11.4. The fourth-order valence-electron chi connectivity index (χ4n) is 1.44. The molecule has 4 N–H and O–H groups in total. The molecule has 0 bridgehead atoms. The van der Waals surface area contributed by atoms with Gasteiger partial charge in [-0.1, -0.05) is 6.92 Å². The predicted molar refractivity (Wildman–Crippen MR) is 74.1 cm³/mol. The highest BCUT2D eigenvalue weighted by molar-refractivity contribution is 5.93. The smallest absolute Gasteiger partial charge is 0.271 e. The van der Waals surface area contributed by atoms with Crippen LogP contribution in [0.4, 0.5) is 0 Å². The number of nitrogens with one attached hydrogen (secondary N) is 2. The number of carbonyl (C=O) groups is 1. The number of hydrogen-bond acceptors (Lipinski definition) is 4. The first-order valence-electron chi connectivity index (χ1n) is 5.78. The summed E-state index contributed by atoms with van der Waals surface area (Å²) in [5, 5.41) is 9.49. The molecular formula is C12H17ClN4O2. The van der Waals surface area contributed by atoms with E-state index in [0.29, 0.717) is 30.2 Å². The number of hydrogen-bond donors (Lipinski definition) is 3. The van der Waals surface area contributed by atoms with Crippen LogP contribution in [-0.2, 0) is 0 Å². The van der Waals surface area contributed by atoms with E-state index in [4.69, 9.17) is 10.2 Å². The van der Waals surface area contributed by atoms with Crippen molar-refractivity contribution >= 4 is 18.3 Å². The molecule has 2 aromatic heterocycles. The van der Waals surface area contributed by atoms with E-state index in [-0.39, 0.29) is 24.2 Å². The molecule has 104 valence electrons. The van der Waals surface area contributed by atoms with E-state index in [9.17, 15) is 4.79 Å². The van der Waals surface area contributed by atoms with Crippen LogP contribution in [0.2, 0.25) is 0 Å². The summed E-state index contributed by atoms with van der Waals surface area (Å²) in [5.41, 5.74) is 6.50. The van der Waals surface area contributed by atoms with Crippen LogP contribution in [0.5, 0.6) is 0 Å². The topological polar surface area (TPSA) is 96.9 Å². The Morgan fingerprint density at radius 2 is 2.42 bits per heavy atom. The van der Waals surface area contributed by atoms with E-state index in [1.807, 2.05) is 6.92 Å². The third-order valence-electron chi connectivity index (χ3n) is 2.61. The van der Waals surface area contributed by atoms with Gasteiger partial charge in [0.25, 0.3) is 5.91 Å². The maximum Gasteiger partial charge on any atom is 0.271 e. The summed E-state index contributed by atoms with van der Waals surface area (Å²) in [7, 11) is 0. The van der Waals surface area contributed by atoms with Crippen molar-refractivity contribution in [2.45, 2.75) is 6.92 Å². The third kappa shape index (κ3) is 3.84. The first-order chi connectivity index (χ1) is 8.70. The molecule has 1 amide bonds.